The normalized spacial score (nSPS) is 12.0. The molecule has 0 spiro atoms. The van der Waals surface area contributed by atoms with Gasteiger partial charge in [-0.3, -0.25) is 4.98 Å². The number of furan rings is 2. The predicted molar refractivity (Wildman–Crippen MR) is 93.7 cm³/mol. The SMILES string of the molecule is C[C@@H](Nc1ncc(-c2ccco2)c(-c2ccco2)n1)c1ccccn1. The molecule has 0 amide bonds. The summed E-state index contributed by atoms with van der Waals surface area (Å²) in [6.07, 6.45) is 6.74. The van der Waals surface area contributed by atoms with Gasteiger partial charge >= 0.3 is 0 Å². The lowest BCUT2D eigenvalue weighted by Crippen LogP contribution is -2.11. The van der Waals surface area contributed by atoms with E-state index in [1.54, 1.807) is 24.9 Å². The Balaban J connectivity index is 1.70. The molecule has 0 saturated carbocycles. The topological polar surface area (TPSA) is 77.0 Å². The van der Waals surface area contributed by atoms with Crippen molar-refractivity contribution in [3.05, 3.63) is 73.1 Å². The summed E-state index contributed by atoms with van der Waals surface area (Å²) in [5.74, 6) is 1.85. The van der Waals surface area contributed by atoms with Gasteiger partial charge in [-0.15, -0.1) is 0 Å². The van der Waals surface area contributed by atoms with E-state index < -0.39 is 0 Å². The van der Waals surface area contributed by atoms with Crippen molar-refractivity contribution in [2.75, 3.05) is 5.32 Å². The highest BCUT2D eigenvalue weighted by atomic mass is 16.3. The van der Waals surface area contributed by atoms with E-state index in [0.717, 1.165) is 11.3 Å². The molecular formula is C19H16N4O2. The van der Waals surface area contributed by atoms with Crippen LogP contribution in [0.15, 0.2) is 76.2 Å². The van der Waals surface area contributed by atoms with Crippen LogP contribution in [0.5, 0.6) is 0 Å². The summed E-state index contributed by atoms with van der Waals surface area (Å²) < 4.78 is 11.0. The Kier molecular flexibility index (Phi) is 4.00. The molecule has 6 nitrogen and oxygen atoms in total. The minimum Gasteiger partial charge on any atom is -0.464 e. The maximum atomic E-state index is 5.53. The molecule has 4 heterocycles. The number of aromatic nitrogens is 3. The third-order valence-corrected chi connectivity index (χ3v) is 3.81. The summed E-state index contributed by atoms with van der Waals surface area (Å²) in [6.45, 7) is 2.01. The predicted octanol–water partition coefficient (Wildman–Crippen LogP) is 4.56. The molecule has 0 saturated heterocycles. The third kappa shape index (κ3) is 3.14. The van der Waals surface area contributed by atoms with Gasteiger partial charge in [-0.1, -0.05) is 6.07 Å². The van der Waals surface area contributed by atoms with Gasteiger partial charge in [0.1, 0.15) is 11.5 Å². The van der Waals surface area contributed by atoms with Crippen LogP contribution in [0.2, 0.25) is 0 Å². The smallest absolute Gasteiger partial charge is 0.223 e. The second-order valence-corrected chi connectivity index (χ2v) is 5.53. The van der Waals surface area contributed by atoms with E-state index in [2.05, 4.69) is 20.3 Å². The fourth-order valence-corrected chi connectivity index (χ4v) is 2.56. The second kappa shape index (κ2) is 6.60. The van der Waals surface area contributed by atoms with Crippen LogP contribution < -0.4 is 5.32 Å². The van der Waals surface area contributed by atoms with Gasteiger partial charge in [0.05, 0.1) is 29.8 Å². The van der Waals surface area contributed by atoms with Crippen LogP contribution in [0.25, 0.3) is 22.8 Å². The minimum atomic E-state index is -0.0277. The zero-order valence-electron chi connectivity index (χ0n) is 13.6. The van der Waals surface area contributed by atoms with E-state index in [1.807, 2.05) is 49.4 Å². The molecule has 0 aliphatic rings. The third-order valence-electron chi connectivity index (χ3n) is 3.81. The van der Waals surface area contributed by atoms with E-state index in [9.17, 15) is 0 Å². The Morgan fingerprint density at radius 3 is 2.40 bits per heavy atom. The largest absolute Gasteiger partial charge is 0.464 e. The van der Waals surface area contributed by atoms with Crippen LogP contribution in [0.1, 0.15) is 18.7 Å². The second-order valence-electron chi connectivity index (χ2n) is 5.53. The summed E-state index contributed by atoms with van der Waals surface area (Å²) in [4.78, 5) is 13.4. The highest BCUT2D eigenvalue weighted by Gasteiger charge is 2.17. The van der Waals surface area contributed by atoms with E-state index in [4.69, 9.17) is 8.83 Å². The van der Waals surface area contributed by atoms with Crippen molar-refractivity contribution in [3.63, 3.8) is 0 Å². The average molecular weight is 332 g/mol. The zero-order chi connectivity index (χ0) is 17.1. The highest BCUT2D eigenvalue weighted by molar-refractivity contribution is 5.75. The fraction of sp³-hybridized carbons (Fsp3) is 0.105. The first kappa shape index (κ1) is 15.1. The molecule has 4 aromatic rings. The highest BCUT2D eigenvalue weighted by Crippen LogP contribution is 2.31. The van der Waals surface area contributed by atoms with Crippen LogP contribution in [-0.2, 0) is 0 Å². The monoisotopic (exact) mass is 332 g/mol. The van der Waals surface area contributed by atoms with Gasteiger partial charge in [0.2, 0.25) is 5.95 Å². The Labute approximate surface area is 144 Å². The first-order valence-electron chi connectivity index (χ1n) is 7.93. The number of hydrogen-bond donors (Lipinski definition) is 1. The Bertz CT molecular complexity index is 935. The molecule has 4 rings (SSSR count). The van der Waals surface area contributed by atoms with Crippen LogP contribution in [0.3, 0.4) is 0 Å². The standard InChI is InChI=1S/C19H16N4O2/c1-13(15-6-2-3-9-20-15)22-19-21-12-14(16-7-4-10-24-16)18(23-19)17-8-5-11-25-17/h2-13H,1H3,(H,21,22,23)/t13-/m1/s1. The Morgan fingerprint density at radius 1 is 0.920 bits per heavy atom. The Morgan fingerprint density at radius 2 is 1.72 bits per heavy atom. The first-order valence-corrected chi connectivity index (χ1v) is 7.93. The maximum absolute atomic E-state index is 5.53. The summed E-state index contributed by atoms with van der Waals surface area (Å²) in [6, 6.07) is 13.2. The van der Waals surface area contributed by atoms with Gasteiger partial charge in [0.25, 0.3) is 0 Å². The number of hydrogen-bond acceptors (Lipinski definition) is 6. The van der Waals surface area contributed by atoms with Crippen LogP contribution in [-0.4, -0.2) is 15.0 Å². The van der Waals surface area contributed by atoms with Crippen molar-refractivity contribution in [1.82, 2.24) is 15.0 Å². The summed E-state index contributed by atoms with van der Waals surface area (Å²) in [5, 5.41) is 3.28. The molecule has 6 heteroatoms. The molecule has 1 N–H and O–H groups in total. The lowest BCUT2D eigenvalue weighted by molar-refractivity contribution is 0.573. The van der Waals surface area contributed by atoms with E-state index >= 15 is 0 Å². The summed E-state index contributed by atoms with van der Waals surface area (Å²) in [5.41, 5.74) is 2.36. The number of rotatable bonds is 5. The molecule has 0 aliphatic heterocycles. The lowest BCUT2D eigenvalue weighted by Gasteiger charge is -2.14. The van der Waals surface area contributed by atoms with E-state index in [-0.39, 0.29) is 6.04 Å². The number of nitrogens with zero attached hydrogens (tertiary/aromatic N) is 3. The molecular weight excluding hydrogens is 316 g/mol. The molecule has 25 heavy (non-hydrogen) atoms. The van der Waals surface area contributed by atoms with Crippen molar-refractivity contribution in [2.24, 2.45) is 0 Å². The molecule has 0 unspecified atom stereocenters. The van der Waals surface area contributed by atoms with Crippen molar-refractivity contribution < 1.29 is 8.83 Å². The maximum Gasteiger partial charge on any atom is 0.223 e. The molecule has 0 radical (unpaired) electrons. The van der Waals surface area contributed by atoms with Crippen LogP contribution in [0, 0.1) is 0 Å². The molecule has 0 aliphatic carbocycles. The summed E-state index contributed by atoms with van der Waals surface area (Å²) >= 11 is 0. The number of pyridine rings is 1. The number of nitrogens with one attached hydrogen (secondary N) is 1. The van der Waals surface area contributed by atoms with Crippen molar-refractivity contribution in [3.8, 4) is 22.8 Å². The van der Waals surface area contributed by atoms with E-state index in [1.165, 1.54) is 0 Å². The van der Waals surface area contributed by atoms with Gasteiger partial charge in [-0.2, -0.15) is 0 Å². The molecule has 1 atom stereocenters. The molecule has 0 bridgehead atoms. The fourth-order valence-electron chi connectivity index (χ4n) is 2.56. The van der Waals surface area contributed by atoms with Crippen molar-refractivity contribution >= 4 is 5.95 Å². The average Bonchev–Trinajstić information content (AvgIpc) is 3.36. The molecule has 4 aromatic heterocycles. The van der Waals surface area contributed by atoms with Gasteiger partial charge in [-0.25, -0.2) is 9.97 Å². The van der Waals surface area contributed by atoms with Crippen molar-refractivity contribution in [2.45, 2.75) is 13.0 Å². The Hall–Kier alpha value is -3.41. The van der Waals surface area contributed by atoms with E-state index in [0.29, 0.717) is 23.2 Å². The molecule has 124 valence electrons. The lowest BCUT2D eigenvalue weighted by atomic mass is 10.1. The minimum absolute atomic E-state index is 0.0277. The van der Waals surface area contributed by atoms with Crippen LogP contribution >= 0.6 is 0 Å². The van der Waals surface area contributed by atoms with Gasteiger partial charge in [0, 0.05) is 12.4 Å². The van der Waals surface area contributed by atoms with Gasteiger partial charge < -0.3 is 14.2 Å². The number of anilines is 1. The first-order chi connectivity index (χ1) is 12.3. The summed E-state index contributed by atoms with van der Waals surface area (Å²) in [7, 11) is 0. The van der Waals surface area contributed by atoms with Gasteiger partial charge in [-0.05, 0) is 43.3 Å². The van der Waals surface area contributed by atoms with Crippen LogP contribution in [0.4, 0.5) is 5.95 Å². The van der Waals surface area contributed by atoms with Gasteiger partial charge in [0.15, 0.2) is 5.76 Å². The van der Waals surface area contributed by atoms with Crippen molar-refractivity contribution in [1.29, 1.82) is 0 Å². The molecule has 0 fully saturated rings. The zero-order valence-corrected chi connectivity index (χ0v) is 13.6. The molecule has 0 aromatic carbocycles. The quantitative estimate of drug-likeness (QED) is 0.577.